The molecule has 0 unspecified atom stereocenters. The molecule has 0 saturated heterocycles. The Bertz CT molecular complexity index is 123. The van der Waals surface area contributed by atoms with Crippen LogP contribution in [0.1, 0.15) is 51.9 Å². The fourth-order valence-corrected chi connectivity index (χ4v) is 1.20. The Balaban J connectivity index is 2.96. The topological polar surface area (TPSA) is 20.2 Å². The van der Waals surface area contributed by atoms with Gasteiger partial charge in [-0.15, -0.1) is 6.42 Å². The van der Waals surface area contributed by atoms with Gasteiger partial charge in [0, 0.05) is 0 Å². The summed E-state index contributed by atoms with van der Waals surface area (Å²) in [6, 6.07) is 0. The van der Waals surface area contributed by atoms with Gasteiger partial charge in [0.05, 0.1) is 0 Å². The molecule has 70 valence electrons. The van der Waals surface area contributed by atoms with E-state index in [0.717, 1.165) is 12.8 Å². The smallest absolute Gasteiger partial charge is 0.114 e. The van der Waals surface area contributed by atoms with Gasteiger partial charge in [0.25, 0.3) is 0 Å². The van der Waals surface area contributed by atoms with Crippen LogP contribution in [0.25, 0.3) is 0 Å². The largest absolute Gasteiger partial charge is 0.380 e. The molecular formula is C11H20O. The molecule has 1 atom stereocenters. The Labute approximate surface area is 76.2 Å². The predicted octanol–water partition coefficient (Wildman–Crippen LogP) is 2.73. The Morgan fingerprint density at radius 1 is 1.17 bits per heavy atom. The third-order valence-electron chi connectivity index (χ3n) is 2.02. The highest BCUT2D eigenvalue weighted by atomic mass is 16.3. The first-order chi connectivity index (χ1) is 5.81. The van der Waals surface area contributed by atoms with Crippen LogP contribution in [0.5, 0.6) is 0 Å². The molecule has 0 rings (SSSR count). The van der Waals surface area contributed by atoms with E-state index in [-0.39, 0.29) is 0 Å². The van der Waals surface area contributed by atoms with E-state index in [1.165, 1.54) is 32.1 Å². The lowest BCUT2D eigenvalue weighted by Crippen LogP contribution is -2.01. The molecule has 1 heteroatoms. The van der Waals surface area contributed by atoms with E-state index in [9.17, 15) is 0 Å². The second-order valence-corrected chi connectivity index (χ2v) is 3.24. The van der Waals surface area contributed by atoms with Crippen molar-refractivity contribution in [1.82, 2.24) is 0 Å². The zero-order chi connectivity index (χ0) is 9.23. The SMILES string of the molecule is C#C[C@H](O)CCCCCCCC. The standard InChI is InChI=1S/C11H20O/c1-3-5-6-7-8-9-10-11(12)4-2/h2,11-12H,3,5-10H2,1H3/t11-/m0/s1. The molecule has 0 spiro atoms. The van der Waals surface area contributed by atoms with Crippen molar-refractivity contribution >= 4 is 0 Å². The third kappa shape index (κ3) is 7.63. The second kappa shape index (κ2) is 8.62. The quantitative estimate of drug-likeness (QED) is 0.458. The number of aliphatic hydroxyl groups excluding tert-OH is 1. The maximum absolute atomic E-state index is 9.02. The number of hydrogen-bond acceptors (Lipinski definition) is 1. The molecule has 0 fully saturated rings. The molecule has 0 aliphatic heterocycles. The summed E-state index contributed by atoms with van der Waals surface area (Å²) in [4.78, 5) is 0. The van der Waals surface area contributed by atoms with Crippen LogP contribution in [0.15, 0.2) is 0 Å². The Kier molecular flexibility index (Phi) is 8.27. The highest BCUT2D eigenvalue weighted by Crippen LogP contribution is 2.07. The molecule has 0 radical (unpaired) electrons. The Morgan fingerprint density at radius 2 is 1.75 bits per heavy atom. The second-order valence-electron chi connectivity index (χ2n) is 3.24. The monoisotopic (exact) mass is 168 g/mol. The molecule has 0 aromatic rings. The van der Waals surface area contributed by atoms with Gasteiger partial charge in [-0.2, -0.15) is 0 Å². The molecular weight excluding hydrogens is 148 g/mol. The summed E-state index contributed by atoms with van der Waals surface area (Å²) in [5, 5.41) is 9.02. The van der Waals surface area contributed by atoms with Crippen molar-refractivity contribution in [3.63, 3.8) is 0 Å². The van der Waals surface area contributed by atoms with E-state index >= 15 is 0 Å². The number of rotatable bonds is 7. The average Bonchev–Trinajstić information content (AvgIpc) is 2.10. The first kappa shape index (κ1) is 11.5. The molecule has 1 N–H and O–H groups in total. The minimum Gasteiger partial charge on any atom is -0.380 e. The maximum Gasteiger partial charge on any atom is 0.114 e. The number of terminal acetylenes is 1. The predicted molar refractivity (Wildman–Crippen MR) is 52.8 cm³/mol. The zero-order valence-electron chi connectivity index (χ0n) is 8.05. The lowest BCUT2D eigenvalue weighted by Gasteiger charge is -2.02. The summed E-state index contributed by atoms with van der Waals surface area (Å²) >= 11 is 0. The highest BCUT2D eigenvalue weighted by molar-refractivity contribution is 4.92. The van der Waals surface area contributed by atoms with E-state index in [0.29, 0.717) is 0 Å². The van der Waals surface area contributed by atoms with Crippen LogP contribution in [0.2, 0.25) is 0 Å². The summed E-state index contributed by atoms with van der Waals surface area (Å²) < 4.78 is 0. The zero-order valence-corrected chi connectivity index (χ0v) is 8.05. The van der Waals surface area contributed by atoms with Crippen LogP contribution in [-0.2, 0) is 0 Å². The van der Waals surface area contributed by atoms with Gasteiger partial charge in [-0.05, 0) is 12.8 Å². The van der Waals surface area contributed by atoms with Gasteiger partial charge in [-0.1, -0.05) is 44.9 Å². The molecule has 0 bridgehead atoms. The van der Waals surface area contributed by atoms with Gasteiger partial charge >= 0.3 is 0 Å². The van der Waals surface area contributed by atoms with Crippen LogP contribution in [-0.4, -0.2) is 11.2 Å². The molecule has 1 nitrogen and oxygen atoms in total. The van der Waals surface area contributed by atoms with Crippen molar-refractivity contribution in [2.75, 3.05) is 0 Å². The summed E-state index contributed by atoms with van der Waals surface area (Å²) in [7, 11) is 0. The summed E-state index contributed by atoms with van der Waals surface area (Å²) in [6.07, 6.45) is 12.8. The molecule has 0 aliphatic carbocycles. The van der Waals surface area contributed by atoms with Gasteiger partial charge in [0.1, 0.15) is 6.10 Å². The molecule has 0 saturated carbocycles. The third-order valence-corrected chi connectivity index (χ3v) is 2.02. The molecule has 0 heterocycles. The van der Waals surface area contributed by atoms with E-state index in [1.54, 1.807) is 0 Å². The van der Waals surface area contributed by atoms with Crippen LogP contribution in [0.3, 0.4) is 0 Å². The normalized spacial score (nSPS) is 12.4. The van der Waals surface area contributed by atoms with Crippen LogP contribution in [0.4, 0.5) is 0 Å². The molecule has 12 heavy (non-hydrogen) atoms. The molecule has 0 aliphatic rings. The first-order valence-corrected chi connectivity index (χ1v) is 4.95. The molecule has 0 aromatic heterocycles. The van der Waals surface area contributed by atoms with E-state index in [4.69, 9.17) is 11.5 Å². The Morgan fingerprint density at radius 3 is 2.33 bits per heavy atom. The van der Waals surface area contributed by atoms with Crippen LogP contribution in [0, 0.1) is 12.3 Å². The lowest BCUT2D eigenvalue weighted by atomic mass is 10.1. The van der Waals surface area contributed by atoms with Gasteiger partial charge in [0.2, 0.25) is 0 Å². The minimum absolute atomic E-state index is 0.517. The van der Waals surface area contributed by atoms with Crippen LogP contribution < -0.4 is 0 Å². The number of hydrogen-bond donors (Lipinski definition) is 1. The molecule has 0 amide bonds. The van der Waals surface area contributed by atoms with E-state index in [2.05, 4.69) is 12.8 Å². The van der Waals surface area contributed by atoms with Gasteiger partial charge < -0.3 is 5.11 Å². The van der Waals surface area contributed by atoms with Crippen molar-refractivity contribution in [3.8, 4) is 12.3 Å². The fourth-order valence-electron chi connectivity index (χ4n) is 1.20. The van der Waals surface area contributed by atoms with E-state index in [1.807, 2.05) is 0 Å². The van der Waals surface area contributed by atoms with Crippen molar-refractivity contribution in [2.24, 2.45) is 0 Å². The summed E-state index contributed by atoms with van der Waals surface area (Å²) in [5.74, 6) is 2.32. The minimum atomic E-state index is -0.517. The summed E-state index contributed by atoms with van der Waals surface area (Å²) in [5.41, 5.74) is 0. The van der Waals surface area contributed by atoms with Gasteiger partial charge in [-0.25, -0.2) is 0 Å². The van der Waals surface area contributed by atoms with Crippen molar-refractivity contribution in [1.29, 1.82) is 0 Å². The van der Waals surface area contributed by atoms with Gasteiger partial charge in [-0.3, -0.25) is 0 Å². The molecule has 0 aromatic carbocycles. The average molecular weight is 168 g/mol. The number of unbranched alkanes of at least 4 members (excludes halogenated alkanes) is 5. The highest BCUT2D eigenvalue weighted by Gasteiger charge is 1.97. The maximum atomic E-state index is 9.02. The van der Waals surface area contributed by atoms with Gasteiger partial charge in [0.15, 0.2) is 0 Å². The number of aliphatic hydroxyl groups is 1. The van der Waals surface area contributed by atoms with Crippen LogP contribution >= 0.6 is 0 Å². The fraction of sp³-hybridized carbons (Fsp3) is 0.818. The summed E-state index contributed by atoms with van der Waals surface area (Å²) in [6.45, 7) is 2.21. The first-order valence-electron chi connectivity index (χ1n) is 4.95. The lowest BCUT2D eigenvalue weighted by molar-refractivity contribution is 0.217. The van der Waals surface area contributed by atoms with Crippen molar-refractivity contribution < 1.29 is 5.11 Å². The Hall–Kier alpha value is -0.480. The van der Waals surface area contributed by atoms with Crippen molar-refractivity contribution in [3.05, 3.63) is 0 Å². The van der Waals surface area contributed by atoms with E-state index < -0.39 is 6.10 Å². The van der Waals surface area contributed by atoms with Crippen molar-refractivity contribution in [2.45, 2.75) is 58.0 Å².